The molecule has 0 bridgehead atoms. The fourth-order valence-electron chi connectivity index (χ4n) is 4.25. The number of likely N-dealkylation sites (tertiary alicyclic amines) is 1. The van der Waals surface area contributed by atoms with Gasteiger partial charge in [-0.1, -0.05) is 30.3 Å². The Hall–Kier alpha value is -1.43. The molecule has 0 unspecified atom stereocenters. The van der Waals surface area contributed by atoms with E-state index in [1.165, 1.54) is 57.7 Å². The molecule has 0 spiro atoms. The van der Waals surface area contributed by atoms with Gasteiger partial charge in [0.05, 0.1) is 0 Å². The third kappa shape index (κ3) is 6.08. The minimum atomic E-state index is -0.671. The summed E-state index contributed by atoms with van der Waals surface area (Å²) in [5.74, 6) is -0.671. The van der Waals surface area contributed by atoms with E-state index in [4.69, 9.17) is 5.11 Å². The van der Waals surface area contributed by atoms with Crippen LogP contribution in [0.5, 0.6) is 0 Å². The molecule has 0 atom stereocenters. The van der Waals surface area contributed by atoms with Crippen molar-refractivity contribution < 1.29 is 9.90 Å². The summed E-state index contributed by atoms with van der Waals surface area (Å²) in [5, 5.41) is 8.71. The monoisotopic (exact) mass is 359 g/mol. The molecule has 1 N–H and O–H groups in total. The minimum Gasteiger partial charge on any atom is -0.481 e. The van der Waals surface area contributed by atoms with E-state index in [2.05, 4.69) is 45.0 Å². The summed E-state index contributed by atoms with van der Waals surface area (Å²) >= 11 is 0. The predicted octanol–water partition coefficient (Wildman–Crippen LogP) is 2.52. The summed E-state index contributed by atoms with van der Waals surface area (Å²) in [6, 6.07) is 11.5. The van der Waals surface area contributed by atoms with Gasteiger partial charge in [-0.25, -0.2) is 0 Å². The maximum Gasteiger partial charge on any atom is 0.303 e. The van der Waals surface area contributed by atoms with Gasteiger partial charge < -0.3 is 10.0 Å². The number of carboxylic acid groups (broad SMARTS) is 1. The number of carboxylic acids is 1. The Morgan fingerprint density at radius 3 is 2.27 bits per heavy atom. The van der Waals surface area contributed by atoms with Crippen LogP contribution in [0.2, 0.25) is 0 Å². The van der Waals surface area contributed by atoms with Crippen LogP contribution in [0.15, 0.2) is 30.3 Å². The van der Waals surface area contributed by atoms with Crippen molar-refractivity contribution in [3.63, 3.8) is 0 Å². The number of piperazine rings is 1. The fourth-order valence-corrected chi connectivity index (χ4v) is 4.25. The second-order valence-electron chi connectivity index (χ2n) is 7.72. The average Bonchev–Trinajstić information content (AvgIpc) is 2.67. The molecule has 3 rings (SSSR count). The molecule has 2 heterocycles. The number of hydrogen-bond donors (Lipinski definition) is 1. The van der Waals surface area contributed by atoms with Crippen molar-refractivity contribution in [1.82, 2.24) is 14.7 Å². The van der Waals surface area contributed by atoms with Gasteiger partial charge in [-0.15, -0.1) is 0 Å². The van der Waals surface area contributed by atoms with Crippen LogP contribution >= 0.6 is 0 Å². The maximum atomic E-state index is 10.6. The van der Waals surface area contributed by atoms with E-state index in [1.54, 1.807) is 0 Å². The third-order valence-corrected chi connectivity index (χ3v) is 5.84. The van der Waals surface area contributed by atoms with Gasteiger partial charge in [0.1, 0.15) is 0 Å². The highest BCUT2D eigenvalue weighted by Crippen LogP contribution is 2.19. The molecule has 0 aliphatic carbocycles. The van der Waals surface area contributed by atoms with Crippen LogP contribution in [-0.4, -0.2) is 77.6 Å². The van der Waals surface area contributed by atoms with Crippen molar-refractivity contribution in [3.8, 4) is 0 Å². The summed E-state index contributed by atoms with van der Waals surface area (Å²) in [7, 11) is 0. The minimum absolute atomic E-state index is 0.309. The molecule has 1 aromatic carbocycles. The van der Waals surface area contributed by atoms with Crippen molar-refractivity contribution in [2.45, 2.75) is 44.7 Å². The lowest BCUT2D eigenvalue weighted by Gasteiger charge is -2.42. The van der Waals surface area contributed by atoms with Gasteiger partial charge in [-0.2, -0.15) is 0 Å². The zero-order valence-corrected chi connectivity index (χ0v) is 15.9. The van der Waals surface area contributed by atoms with E-state index in [0.717, 1.165) is 32.0 Å². The number of unbranched alkanes of at least 4 members (excludes halogenated alkanes) is 1. The first kappa shape index (κ1) is 19.3. The topological polar surface area (TPSA) is 47.0 Å². The van der Waals surface area contributed by atoms with E-state index in [1.807, 2.05) is 0 Å². The Morgan fingerprint density at radius 2 is 1.62 bits per heavy atom. The van der Waals surface area contributed by atoms with Crippen LogP contribution in [0.25, 0.3) is 0 Å². The molecule has 2 saturated heterocycles. The van der Waals surface area contributed by atoms with Crippen LogP contribution in [0.3, 0.4) is 0 Å². The Labute approximate surface area is 157 Å². The molecule has 2 fully saturated rings. The molecular formula is C21H33N3O2. The van der Waals surface area contributed by atoms with Crippen LogP contribution in [0.4, 0.5) is 0 Å². The number of rotatable bonds is 8. The first-order valence-electron chi connectivity index (χ1n) is 10.2. The van der Waals surface area contributed by atoms with E-state index in [9.17, 15) is 4.79 Å². The summed E-state index contributed by atoms with van der Waals surface area (Å²) in [6.45, 7) is 9.19. The molecule has 5 heteroatoms. The van der Waals surface area contributed by atoms with Crippen LogP contribution in [0.1, 0.15) is 37.7 Å². The Balaban J connectivity index is 1.31. The Morgan fingerprint density at radius 1 is 0.923 bits per heavy atom. The highest BCUT2D eigenvalue weighted by molar-refractivity contribution is 5.66. The molecule has 1 aromatic rings. The zero-order valence-electron chi connectivity index (χ0n) is 15.9. The summed E-state index contributed by atoms with van der Waals surface area (Å²) in [6.07, 6.45) is 4.65. The van der Waals surface area contributed by atoms with Crippen molar-refractivity contribution in [3.05, 3.63) is 35.9 Å². The molecular weight excluding hydrogens is 326 g/mol. The third-order valence-electron chi connectivity index (χ3n) is 5.84. The van der Waals surface area contributed by atoms with Gasteiger partial charge in [-0.05, 0) is 50.9 Å². The first-order valence-corrected chi connectivity index (χ1v) is 10.2. The van der Waals surface area contributed by atoms with Gasteiger partial charge >= 0.3 is 5.97 Å². The van der Waals surface area contributed by atoms with Crippen molar-refractivity contribution in [2.24, 2.45) is 0 Å². The second kappa shape index (κ2) is 10.0. The molecule has 0 aromatic heterocycles. The predicted molar refractivity (Wildman–Crippen MR) is 104 cm³/mol. The Kier molecular flexibility index (Phi) is 7.47. The highest BCUT2D eigenvalue weighted by atomic mass is 16.4. The molecule has 0 saturated carbocycles. The maximum absolute atomic E-state index is 10.6. The summed E-state index contributed by atoms with van der Waals surface area (Å²) < 4.78 is 0. The number of carbonyl (C=O) groups is 1. The molecule has 26 heavy (non-hydrogen) atoms. The van der Waals surface area contributed by atoms with Gasteiger partial charge in [0.2, 0.25) is 0 Å². The lowest BCUT2D eigenvalue weighted by Crippen LogP contribution is -2.53. The number of benzene rings is 1. The molecule has 2 aliphatic heterocycles. The first-order chi connectivity index (χ1) is 12.7. The van der Waals surface area contributed by atoms with E-state index < -0.39 is 5.97 Å². The van der Waals surface area contributed by atoms with Crippen LogP contribution in [0, 0.1) is 0 Å². The van der Waals surface area contributed by atoms with E-state index in [-0.39, 0.29) is 0 Å². The quantitative estimate of drug-likeness (QED) is 0.723. The smallest absolute Gasteiger partial charge is 0.303 e. The van der Waals surface area contributed by atoms with E-state index >= 15 is 0 Å². The van der Waals surface area contributed by atoms with Gasteiger partial charge in [0.25, 0.3) is 0 Å². The SMILES string of the molecule is O=C(O)CCCCN1CCC(N2CCN(Cc3ccccc3)CC2)CC1. The van der Waals surface area contributed by atoms with Crippen LogP contribution < -0.4 is 0 Å². The summed E-state index contributed by atoms with van der Waals surface area (Å²) in [4.78, 5) is 18.4. The Bertz CT molecular complexity index is 535. The van der Waals surface area contributed by atoms with Crippen molar-refractivity contribution >= 4 is 5.97 Å². The summed E-state index contributed by atoms with van der Waals surface area (Å²) in [5.41, 5.74) is 1.41. The van der Waals surface area contributed by atoms with E-state index in [0.29, 0.717) is 6.42 Å². The number of piperidine rings is 1. The molecule has 0 amide bonds. The fraction of sp³-hybridized carbons (Fsp3) is 0.667. The van der Waals surface area contributed by atoms with Crippen molar-refractivity contribution in [1.29, 1.82) is 0 Å². The normalized spacial score (nSPS) is 21.1. The zero-order chi connectivity index (χ0) is 18.2. The van der Waals surface area contributed by atoms with Crippen LogP contribution in [-0.2, 0) is 11.3 Å². The molecule has 144 valence electrons. The number of aliphatic carboxylic acids is 1. The standard InChI is InChI=1S/C21H33N3O2/c25-21(26)8-4-5-11-22-12-9-20(10-13-22)24-16-14-23(15-17-24)18-19-6-2-1-3-7-19/h1-3,6-7,20H,4-5,8-18H2,(H,25,26). The van der Waals surface area contributed by atoms with Crippen molar-refractivity contribution in [2.75, 3.05) is 45.8 Å². The largest absolute Gasteiger partial charge is 0.481 e. The van der Waals surface area contributed by atoms with Gasteiger partial charge in [0, 0.05) is 45.2 Å². The second-order valence-corrected chi connectivity index (χ2v) is 7.72. The average molecular weight is 360 g/mol. The lowest BCUT2D eigenvalue weighted by molar-refractivity contribution is -0.137. The molecule has 2 aliphatic rings. The van der Waals surface area contributed by atoms with Gasteiger partial charge in [0.15, 0.2) is 0 Å². The highest BCUT2D eigenvalue weighted by Gasteiger charge is 2.27. The number of nitrogens with zero attached hydrogens (tertiary/aromatic N) is 3. The van der Waals surface area contributed by atoms with Gasteiger partial charge in [-0.3, -0.25) is 14.6 Å². The number of hydrogen-bond acceptors (Lipinski definition) is 4. The molecule has 0 radical (unpaired) electrons. The molecule has 5 nitrogen and oxygen atoms in total. The lowest BCUT2D eigenvalue weighted by atomic mass is 10.0.